The van der Waals surface area contributed by atoms with Crippen molar-refractivity contribution in [2.45, 2.75) is 83.5 Å². The first-order valence-electron chi connectivity index (χ1n) is 10.2. The van der Waals surface area contributed by atoms with Crippen LogP contribution in [0.5, 0.6) is 0 Å². The van der Waals surface area contributed by atoms with Crippen LogP contribution in [-0.2, 0) is 19.1 Å². The summed E-state index contributed by atoms with van der Waals surface area (Å²) in [6.07, 6.45) is 14.6. The maximum atomic E-state index is 11.9. The lowest BCUT2D eigenvalue weighted by Gasteiger charge is -2.21. The predicted molar refractivity (Wildman–Crippen MR) is 98.1 cm³/mol. The molecule has 0 spiro atoms. The zero-order valence-electron chi connectivity index (χ0n) is 15.6. The first-order valence-corrected chi connectivity index (χ1v) is 10.2. The van der Waals surface area contributed by atoms with Gasteiger partial charge in [0.1, 0.15) is 0 Å². The van der Waals surface area contributed by atoms with Gasteiger partial charge in [-0.05, 0) is 24.7 Å². The van der Waals surface area contributed by atoms with Gasteiger partial charge in [-0.1, -0.05) is 70.8 Å². The summed E-state index contributed by atoms with van der Waals surface area (Å²) in [7, 11) is 0. The molecular weight excluding hydrogens is 316 g/mol. The molecule has 0 unspecified atom stereocenters. The van der Waals surface area contributed by atoms with E-state index < -0.39 is 5.97 Å². The van der Waals surface area contributed by atoms with Crippen molar-refractivity contribution in [3.63, 3.8) is 0 Å². The summed E-state index contributed by atoms with van der Waals surface area (Å²) in [6, 6.07) is 0. The largest absolute Gasteiger partial charge is 0.465 e. The van der Waals surface area contributed by atoms with Gasteiger partial charge in [-0.15, -0.1) is 0 Å². The molecule has 0 aliphatic heterocycles. The lowest BCUT2D eigenvalue weighted by Crippen LogP contribution is -2.17. The Labute approximate surface area is 152 Å². The topological polar surface area (TPSA) is 52.6 Å². The van der Waals surface area contributed by atoms with Crippen LogP contribution in [0.2, 0.25) is 0 Å². The number of hydrogen-bond donors (Lipinski definition) is 0. The summed E-state index contributed by atoms with van der Waals surface area (Å²) in [5, 5.41) is 0. The molecule has 0 saturated heterocycles. The Balaban J connectivity index is 1.53. The molecule has 0 bridgehead atoms. The molecule has 0 heterocycles. The van der Waals surface area contributed by atoms with Crippen LogP contribution in [0.25, 0.3) is 0 Å². The van der Waals surface area contributed by atoms with E-state index in [1.807, 2.05) is 0 Å². The lowest BCUT2D eigenvalue weighted by atomic mass is 9.87. The Hall–Kier alpha value is -1.32. The van der Waals surface area contributed by atoms with Crippen molar-refractivity contribution in [2.24, 2.45) is 11.8 Å². The van der Waals surface area contributed by atoms with E-state index in [1.54, 1.807) is 0 Å². The van der Waals surface area contributed by atoms with E-state index >= 15 is 0 Å². The molecule has 4 nitrogen and oxygen atoms in total. The summed E-state index contributed by atoms with van der Waals surface area (Å²) in [6.45, 7) is 4.56. The van der Waals surface area contributed by atoms with Gasteiger partial charge in [-0.3, -0.25) is 4.79 Å². The highest BCUT2D eigenvalue weighted by molar-refractivity contribution is 5.93. The van der Waals surface area contributed by atoms with Gasteiger partial charge in [0.05, 0.1) is 19.6 Å². The van der Waals surface area contributed by atoms with Crippen LogP contribution in [0.3, 0.4) is 0 Å². The molecule has 0 radical (unpaired) electrons. The summed E-state index contributed by atoms with van der Waals surface area (Å²) in [4.78, 5) is 23.7. The second-order valence-corrected chi connectivity index (χ2v) is 7.72. The third-order valence-electron chi connectivity index (χ3n) is 5.64. The number of carbonyl (C=O) groups excluding carboxylic acids is 2. The second-order valence-electron chi connectivity index (χ2n) is 7.72. The molecule has 0 N–H and O–H groups in total. The van der Waals surface area contributed by atoms with Crippen LogP contribution in [0, 0.1) is 11.8 Å². The van der Waals surface area contributed by atoms with Gasteiger partial charge in [0.25, 0.3) is 0 Å². The smallest absolute Gasteiger partial charge is 0.333 e. The van der Waals surface area contributed by atoms with Crippen LogP contribution in [0.4, 0.5) is 0 Å². The second kappa shape index (κ2) is 11.3. The van der Waals surface area contributed by atoms with Gasteiger partial charge in [0, 0.05) is 5.57 Å². The normalized spacial score (nSPS) is 19.4. The van der Waals surface area contributed by atoms with Crippen molar-refractivity contribution >= 4 is 11.9 Å². The van der Waals surface area contributed by atoms with Crippen molar-refractivity contribution in [2.75, 3.05) is 13.2 Å². The lowest BCUT2D eigenvalue weighted by molar-refractivity contribution is -0.146. The fraction of sp³-hybridized carbons (Fsp3) is 0.810. The summed E-state index contributed by atoms with van der Waals surface area (Å²) in [5.41, 5.74) is 0.200. The molecule has 2 fully saturated rings. The number of rotatable bonds is 9. The minimum Gasteiger partial charge on any atom is -0.465 e. The Morgan fingerprint density at radius 2 is 1.24 bits per heavy atom. The van der Waals surface area contributed by atoms with E-state index in [2.05, 4.69) is 6.58 Å². The van der Waals surface area contributed by atoms with Crippen LogP contribution in [0.15, 0.2) is 12.2 Å². The zero-order chi connectivity index (χ0) is 17.9. The van der Waals surface area contributed by atoms with E-state index in [-0.39, 0.29) is 18.0 Å². The Bertz CT molecular complexity index is 431. The fourth-order valence-corrected chi connectivity index (χ4v) is 4.01. The number of esters is 2. The molecule has 142 valence electrons. The first kappa shape index (κ1) is 20.0. The van der Waals surface area contributed by atoms with Gasteiger partial charge < -0.3 is 9.47 Å². The number of hydrogen-bond acceptors (Lipinski definition) is 4. The standard InChI is InChI=1S/C21H34O4/c1-17(21(23)25-15-13-19-10-6-3-7-11-19)16-20(22)24-14-12-18-8-4-2-5-9-18/h18-19H,1-16H2. The third-order valence-corrected chi connectivity index (χ3v) is 5.64. The van der Waals surface area contributed by atoms with Crippen LogP contribution in [0.1, 0.15) is 83.5 Å². The fourth-order valence-electron chi connectivity index (χ4n) is 4.01. The van der Waals surface area contributed by atoms with Crippen molar-refractivity contribution < 1.29 is 19.1 Å². The van der Waals surface area contributed by atoms with Gasteiger partial charge in [-0.25, -0.2) is 4.79 Å². The first-order chi connectivity index (χ1) is 12.1. The van der Waals surface area contributed by atoms with E-state index in [9.17, 15) is 9.59 Å². The van der Waals surface area contributed by atoms with Gasteiger partial charge in [-0.2, -0.15) is 0 Å². The maximum absolute atomic E-state index is 11.9. The quantitative estimate of drug-likeness (QED) is 0.436. The monoisotopic (exact) mass is 350 g/mol. The van der Waals surface area contributed by atoms with Crippen LogP contribution in [-0.4, -0.2) is 25.2 Å². The Kier molecular flexibility index (Phi) is 9.06. The average molecular weight is 350 g/mol. The Morgan fingerprint density at radius 1 is 0.760 bits per heavy atom. The van der Waals surface area contributed by atoms with Gasteiger partial charge in [0.2, 0.25) is 0 Å². The summed E-state index contributed by atoms with van der Waals surface area (Å²) < 4.78 is 10.5. The molecule has 2 aliphatic rings. The average Bonchev–Trinajstić information content (AvgIpc) is 2.63. The van der Waals surface area contributed by atoms with E-state index in [0.717, 1.165) is 12.8 Å². The van der Waals surface area contributed by atoms with Crippen LogP contribution >= 0.6 is 0 Å². The van der Waals surface area contributed by atoms with Crippen molar-refractivity contribution in [3.05, 3.63) is 12.2 Å². The minimum atomic E-state index is -0.458. The van der Waals surface area contributed by atoms with Gasteiger partial charge in [0.15, 0.2) is 0 Å². The molecule has 0 atom stereocenters. The zero-order valence-corrected chi connectivity index (χ0v) is 15.6. The van der Waals surface area contributed by atoms with E-state index in [0.29, 0.717) is 25.0 Å². The van der Waals surface area contributed by atoms with E-state index in [4.69, 9.17) is 9.47 Å². The SMILES string of the molecule is C=C(CC(=O)OCCC1CCCCC1)C(=O)OCCC1CCCCC1. The van der Waals surface area contributed by atoms with E-state index in [1.165, 1.54) is 64.2 Å². The minimum absolute atomic E-state index is 0.0626. The highest BCUT2D eigenvalue weighted by Gasteiger charge is 2.18. The van der Waals surface area contributed by atoms with Crippen LogP contribution < -0.4 is 0 Å². The highest BCUT2D eigenvalue weighted by Crippen LogP contribution is 2.27. The summed E-state index contributed by atoms with van der Waals surface area (Å²) in [5.74, 6) is 0.541. The molecule has 2 aliphatic carbocycles. The Morgan fingerprint density at radius 3 is 1.76 bits per heavy atom. The molecule has 2 rings (SSSR count). The molecule has 0 aromatic rings. The maximum Gasteiger partial charge on any atom is 0.333 e. The molecule has 0 aromatic heterocycles. The van der Waals surface area contributed by atoms with Crippen molar-refractivity contribution in [1.29, 1.82) is 0 Å². The molecule has 0 amide bonds. The van der Waals surface area contributed by atoms with Crippen molar-refractivity contribution in [3.8, 4) is 0 Å². The third kappa shape index (κ3) is 8.06. The molecule has 0 aromatic carbocycles. The van der Waals surface area contributed by atoms with Crippen molar-refractivity contribution in [1.82, 2.24) is 0 Å². The molecular formula is C21H34O4. The number of ether oxygens (including phenoxy) is 2. The predicted octanol–water partition coefficient (Wildman–Crippen LogP) is 4.96. The number of carbonyl (C=O) groups is 2. The molecule has 25 heavy (non-hydrogen) atoms. The summed E-state index contributed by atoms with van der Waals surface area (Å²) >= 11 is 0. The highest BCUT2D eigenvalue weighted by atomic mass is 16.5. The molecule has 4 heteroatoms. The van der Waals surface area contributed by atoms with Gasteiger partial charge >= 0.3 is 11.9 Å². The molecule has 2 saturated carbocycles.